The number of ether oxygens (including phenoxy) is 2. The van der Waals surface area contributed by atoms with Crippen LogP contribution in [-0.4, -0.2) is 42.9 Å². The molecule has 2 atom stereocenters. The van der Waals surface area contributed by atoms with E-state index in [4.69, 9.17) is 14.5 Å². The van der Waals surface area contributed by atoms with Gasteiger partial charge in [0.05, 0.1) is 10.2 Å². The van der Waals surface area contributed by atoms with Crippen molar-refractivity contribution in [2.24, 2.45) is 11.8 Å². The van der Waals surface area contributed by atoms with E-state index < -0.39 is 0 Å². The minimum Gasteiger partial charge on any atom is -0.454 e. The lowest BCUT2D eigenvalue weighted by Crippen LogP contribution is -2.52. The summed E-state index contributed by atoms with van der Waals surface area (Å²) in [6, 6.07) is 23.6. The second-order valence-corrected chi connectivity index (χ2v) is 10.8. The van der Waals surface area contributed by atoms with Crippen molar-refractivity contribution >= 4 is 26.7 Å². The number of hydrogen-bond donors (Lipinski definition) is 0. The highest BCUT2D eigenvalue weighted by Gasteiger charge is 2.35. The topological polar surface area (TPSA) is 37.8 Å². The molecule has 3 aliphatic heterocycles. The van der Waals surface area contributed by atoms with Gasteiger partial charge in [-0.05, 0) is 59.2 Å². The number of nitrogens with zero attached hydrogens (tertiary/aromatic N) is 3. The Kier molecular flexibility index (Phi) is 4.95. The summed E-state index contributed by atoms with van der Waals surface area (Å²) >= 11 is 1.84. The molecule has 2 unspecified atom stereocenters. The Labute approximate surface area is 203 Å². The van der Waals surface area contributed by atoms with Crippen LogP contribution in [0.4, 0.5) is 5.13 Å². The van der Waals surface area contributed by atoms with Crippen molar-refractivity contribution in [1.82, 2.24) is 9.88 Å². The van der Waals surface area contributed by atoms with E-state index in [0.29, 0.717) is 18.6 Å². The van der Waals surface area contributed by atoms with Gasteiger partial charge in [-0.25, -0.2) is 4.98 Å². The highest BCUT2D eigenvalue weighted by molar-refractivity contribution is 7.22. The second kappa shape index (κ2) is 8.29. The lowest BCUT2D eigenvalue weighted by molar-refractivity contribution is 0.103. The fourth-order valence-corrected chi connectivity index (χ4v) is 6.90. The van der Waals surface area contributed by atoms with Crippen molar-refractivity contribution in [1.29, 1.82) is 0 Å². The standard InChI is InChI=1S/C28H27N3O2S/c1-2-6-23(21-9-10-25-26(12-21)33-18-32-25)22(5-1)17-30-13-19-11-20(14-30)16-31(15-19)28-29-24-7-3-4-8-27(24)34-28/h1-10,12,19-20H,11,13-18H2. The van der Waals surface area contributed by atoms with E-state index in [1.165, 1.54) is 32.9 Å². The fourth-order valence-electron chi connectivity index (χ4n) is 5.91. The minimum absolute atomic E-state index is 0.311. The van der Waals surface area contributed by atoms with E-state index in [9.17, 15) is 0 Å². The lowest BCUT2D eigenvalue weighted by Gasteiger charge is -2.46. The molecule has 7 rings (SSSR count). The molecule has 2 saturated heterocycles. The fraction of sp³-hybridized carbons (Fsp3) is 0.321. The first kappa shape index (κ1) is 20.3. The van der Waals surface area contributed by atoms with Gasteiger partial charge in [0.2, 0.25) is 6.79 Å². The number of fused-ring (bicyclic) bond motifs is 4. The zero-order chi connectivity index (χ0) is 22.5. The smallest absolute Gasteiger partial charge is 0.231 e. The molecule has 2 bridgehead atoms. The van der Waals surface area contributed by atoms with Crippen molar-refractivity contribution in [2.45, 2.75) is 13.0 Å². The summed E-state index contributed by atoms with van der Waals surface area (Å²) < 4.78 is 12.4. The van der Waals surface area contributed by atoms with Gasteiger partial charge < -0.3 is 14.4 Å². The third-order valence-electron chi connectivity index (χ3n) is 7.30. The number of hydrogen-bond acceptors (Lipinski definition) is 6. The van der Waals surface area contributed by atoms with Gasteiger partial charge in [0, 0.05) is 32.7 Å². The number of thiazole rings is 1. The SMILES string of the molecule is c1ccc(-c2ccc3c(c2)OCO3)c(CN2CC3CC(C2)CN(c2nc4ccccc4s2)C3)c1. The minimum atomic E-state index is 0.311. The van der Waals surface area contributed by atoms with Crippen LogP contribution < -0.4 is 14.4 Å². The van der Waals surface area contributed by atoms with Gasteiger partial charge in [0.1, 0.15) is 0 Å². The third-order valence-corrected chi connectivity index (χ3v) is 8.40. The second-order valence-electron chi connectivity index (χ2n) is 9.76. The van der Waals surface area contributed by atoms with Crippen molar-refractivity contribution in [3.63, 3.8) is 0 Å². The van der Waals surface area contributed by atoms with E-state index in [0.717, 1.165) is 49.7 Å². The summed E-state index contributed by atoms with van der Waals surface area (Å²) in [6.45, 7) is 5.80. The lowest BCUT2D eigenvalue weighted by atomic mass is 9.84. The summed E-state index contributed by atoms with van der Waals surface area (Å²) in [6.07, 6.45) is 1.34. The summed E-state index contributed by atoms with van der Waals surface area (Å²) in [5.74, 6) is 3.06. The molecule has 5 nitrogen and oxygen atoms in total. The van der Waals surface area contributed by atoms with Crippen LogP contribution in [0.5, 0.6) is 11.5 Å². The Bertz CT molecular complexity index is 1310. The molecule has 0 amide bonds. The molecule has 0 saturated carbocycles. The molecular weight excluding hydrogens is 442 g/mol. The van der Waals surface area contributed by atoms with E-state index in [1.54, 1.807) is 0 Å². The average Bonchev–Trinajstić information content (AvgIpc) is 3.50. The highest BCUT2D eigenvalue weighted by Crippen LogP contribution is 2.38. The molecule has 172 valence electrons. The van der Waals surface area contributed by atoms with Gasteiger partial charge in [-0.1, -0.05) is 53.8 Å². The summed E-state index contributed by atoms with van der Waals surface area (Å²) in [5.41, 5.74) is 4.98. The largest absolute Gasteiger partial charge is 0.454 e. The van der Waals surface area contributed by atoms with Crippen LogP contribution in [0.1, 0.15) is 12.0 Å². The number of para-hydroxylation sites is 1. The predicted molar refractivity (Wildman–Crippen MR) is 137 cm³/mol. The van der Waals surface area contributed by atoms with Crippen LogP contribution in [0, 0.1) is 11.8 Å². The Morgan fingerprint density at radius 1 is 0.853 bits per heavy atom. The van der Waals surface area contributed by atoms with Crippen molar-refractivity contribution in [3.8, 4) is 22.6 Å². The maximum atomic E-state index is 5.62. The quantitative estimate of drug-likeness (QED) is 0.386. The summed E-state index contributed by atoms with van der Waals surface area (Å²) in [5, 5.41) is 1.19. The molecule has 0 radical (unpaired) electrons. The average molecular weight is 470 g/mol. The zero-order valence-electron chi connectivity index (χ0n) is 19.0. The Hall–Kier alpha value is -3.09. The Balaban J connectivity index is 1.08. The van der Waals surface area contributed by atoms with Crippen LogP contribution in [0.15, 0.2) is 66.7 Å². The maximum Gasteiger partial charge on any atom is 0.231 e. The number of likely N-dealkylation sites (tertiary alicyclic amines) is 1. The van der Waals surface area contributed by atoms with Gasteiger partial charge in [-0.15, -0.1) is 0 Å². The molecule has 2 fully saturated rings. The predicted octanol–water partition coefficient (Wildman–Crippen LogP) is 5.65. The number of aromatic nitrogens is 1. The monoisotopic (exact) mass is 469 g/mol. The van der Waals surface area contributed by atoms with E-state index in [1.807, 2.05) is 17.4 Å². The first-order chi connectivity index (χ1) is 16.8. The molecule has 6 heteroatoms. The molecule has 4 aromatic rings. The maximum absolute atomic E-state index is 5.62. The van der Waals surface area contributed by atoms with Crippen LogP contribution in [-0.2, 0) is 6.54 Å². The molecule has 4 heterocycles. The summed E-state index contributed by atoms with van der Waals surface area (Å²) in [4.78, 5) is 10.1. The summed E-state index contributed by atoms with van der Waals surface area (Å²) in [7, 11) is 0. The van der Waals surface area contributed by atoms with Gasteiger partial charge >= 0.3 is 0 Å². The van der Waals surface area contributed by atoms with Crippen LogP contribution >= 0.6 is 11.3 Å². The van der Waals surface area contributed by atoms with E-state index in [2.05, 4.69) is 70.5 Å². The molecule has 1 aromatic heterocycles. The number of rotatable bonds is 4. The van der Waals surface area contributed by atoms with E-state index >= 15 is 0 Å². The van der Waals surface area contributed by atoms with Gasteiger partial charge in [-0.3, -0.25) is 4.90 Å². The molecule has 34 heavy (non-hydrogen) atoms. The van der Waals surface area contributed by atoms with Crippen LogP contribution in [0.25, 0.3) is 21.3 Å². The van der Waals surface area contributed by atoms with E-state index in [-0.39, 0.29) is 0 Å². The molecule has 3 aromatic carbocycles. The van der Waals surface area contributed by atoms with Crippen molar-refractivity contribution in [3.05, 3.63) is 72.3 Å². The third kappa shape index (κ3) is 3.71. The first-order valence-corrected chi connectivity index (χ1v) is 12.9. The van der Waals surface area contributed by atoms with Gasteiger partial charge in [-0.2, -0.15) is 0 Å². The molecule has 3 aliphatic rings. The number of anilines is 1. The zero-order valence-corrected chi connectivity index (χ0v) is 19.8. The van der Waals surface area contributed by atoms with Gasteiger partial charge in [0.25, 0.3) is 0 Å². The molecule has 0 N–H and O–H groups in total. The van der Waals surface area contributed by atoms with Crippen LogP contribution in [0.2, 0.25) is 0 Å². The Morgan fingerprint density at radius 3 is 2.53 bits per heavy atom. The Morgan fingerprint density at radius 2 is 1.65 bits per heavy atom. The van der Waals surface area contributed by atoms with Gasteiger partial charge in [0.15, 0.2) is 16.6 Å². The van der Waals surface area contributed by atoms with Crippen molar-refractivity contribution < 1.29 is 9.47 Å². The number of piperidine rings is 2. The van der Waals surface area contributed by atoms with Crippen LogP contribution in [0.3, 0.4) is 0 Å². The van der Waals surface area contributed by atoms with Crippen molar-refractivity contribution in [2.75, 3.05) is 37.9 Å². The molecular formula is C28H27N3O2S. The first-order valence-electron chi connectivity index (χ1n) is 12.1. The molecule has 0 aliphatic carbocycles. The highest BCUT2D eigenvalue weighted by atomic mass is 32.1. The normalized spacial score (nSPS) is 21.8. The molecule has 0 spiro atoms. The number of benzene rings is 3.